The molecule has 5 nitrogen and oxygen atoms in total. The Bertz CT molecular complexity index is 458. The summed E-state index contributed by atoms with van der Waals surface area (Å²) in [4.78, 5) is 0.197. The molecule has 1 unspecified atom stereocenters. The normalized spacial score (nSPS) is 13.4. The van der Waals surface area contributed by atoms with E-state index >= 15 is 0 Å². The molecule has 1 aromatic carbocycles. The van der Waals surface area contributed by atoms with Crippen molar-refractivity contribution in [2.75, 3.05) is 18.4 Å². The summed E-state index contributed by atoms with van der Waals surface area (Å²) >= 11 is 0. The Morgan fingerprint density at radius 1 is 1.35 bits per heavy atom. The molecule has 0 saturated carbocycles. The highest BCUT2D eigenvalue weighted by molar-refractivity contribution is 7.89. The third-order valence-electron chi connectivity index (χ3n) is 2.10. The average molecular weight is 258 g/mol. The minimum atomic E-state index is -3.48. The monoisotopic (exact) mass is 258 g/mol. The zero-order valence-electron chi connectivity index (χ0n) is 9.97. The maximum absolute atomic E-state index is 11.9. The Labute approximate surface area is 102 Å². The molecule has 0 heterocycles. The van der Waals surface area contributed by atoms with Gasteiger partial charge in [0.15, 0.2) is 0 Å². The number of aliphatic hydroxyl groups excluding tert-OH is 1. The Morgan fingerprint density at radius 2 is 2.00 bits per heavy atom. The van der Waals surface area contributed by atoms with Crippen LogP contribution < -0.4 is 10.0 Å². The van der Waals surface area contributed by atoms with Crippen LogP contribution in [0.5, 0.6) is 0 Å². The van der Waals surface area contributed by atoms with E-state index in [-0.39, 0.29) is 4.90 Å². The molecular weight excluding hydrogens is 240 g/mol. The molecule has 3 N–H and O–H groups in total. The van der Waals surface area contributed by atoms with Crippen LogP contribution in [-0.2, 0) is 10.0 Å². The van der Waals surface area contributed by atoms with Gasteiger partial charge >= 0.3 is 0 Å². The molecular formula is C11H18N2O3S. The van der Waals surface area contributed by atoms with Crippen LogP contribution in [0, 0.1) is 0 Å². The van der Waals surface area contributed by atoms with E-state index in [0.717, 1.165) is 0 Å². The van der Waals surface area contributed by atoms with Crippen molar-refractivity contribution >= 4 is 15.7 Å². The summed E-state index contributed by atoms with van der Waals surface area (Å²) < 4.78 is 26.2. The zero-order chi connectivity index (χ0) is 12.9. The van der Waals surface area contributed by atoms with Crippen LogP contribution >= 0.6 is 0 Å². The van der Waals surface area contributed by atoms with Gasteiger partial charge in [-0.3, -0.25) is 0 Å². The summed E-state index contributed by atoms with van der Waals surface area (Å²) in [5, 5.41) is 12.1. The van der Waals surface area contributed by atoms with Crippen molar-refractivity contribution < 1.29 is 13.5 Å². The highest BCUT2D eigenvalue weighted by atomic mass is 32.2. The van der Waals surface area contributed by atoms with Crippen molar-refractivity contribution in [1.82, 2.24) is 4.72 Å². The van der Waals surface area contributed by atoms with Gasteiger partial charge in [0.1, 0.15) is 4.90 Å². The van der Waals surface area contributed by atoms with Gasteiger partial charge in [-0.2, -0.15) is 0 Å². The van der Waals surface area contributed by atoms with Crippen molar-refractivity contribution in [2.24, 2.45) is 0 Å². The summed E-state index contributed by atoms with van der Waals surface area (Å²) in [6.07, 6.45) is -0.537. The number of hydrogen-bond donors (Lipinski definition) is 3. The standard InChI is InChI=1S/C11H18N2O3S/c1-3-13-17(15,16)11-7-5-4-6-10(11)12-8-9(2)14/h4-7,9,12-14H,3,8H2,1-2H3. The molecule has 0 aliphatic heterocycles. The summed E-state index contributed by atoms with van der Waals surface area (Å²) in [5.74, 6) is 0. The van der Waals surface area contributed by atoms with Crippen molar-refractivity contribution in [1.29, 1.82) is 0 Å². The third-order valence-corrected chi connectivity index (χ3v) is 3.70. The van der Waals surface area contributed by atoms with E-state index in [1.807, 2.05) is 0 Å². The lowest BCUT2D eigenvalue weighted by Crippen LogP contribution is -2.25. The first-order valence-electron chi connectivity index (χ1n) is 5.48. The summed E-state index contributed by atoms with van der Waals surface area (Å²) in [6, 6.07) is 6.61. The molecule has 0 bridgehead atoms. The van der Waals surface area contributed by atoms with E-state index in [4.69, 9.17) is 0 Å². The van der Waals surface area contributed by atoms with Gasteiger partial charge in [-0.25, -0.2) is 13.1 Å². The highest BCUT2D eigenvalue weighted by Gasteiger charge is 2.16. The van der Waals surface area contributed by atoms with E-state index in [1.165, 1.54) is 6.07 Å². The van der Waals surface area contributed by atoms with E-state index in [2.05, 4.69) is 10.0 Å². The number of hydrogen-bond acceptors (Lipinski definition) is 4. The fourth-order valence-electron chi connectivity index (χ4n) is 1.37. The number of benzene rings is 1. The van der Waals surface area contributed by atoms with E-state index in [9.17, 15) is 13.5 Å². The first-order valence-corrected chi connectivity index (χ1v) is 6.96. The molecule has 0 fully saturated rings. The average Bonchev–Trinajstić information content (AvgIpc) is 2.26. The Hall–Kier alpha value is -1.11. The van der Waals surface area contributed by atoms with Gasteiger partial charge in [-0.05, 0) is 19.1 Å². The van der Waals surface area contributed by atoms with Gasteiger partial charge in [0.2, 0.25) is 10.0 Å². The van der Waals surface area contributed by atoms with Gasteiger partial charge < -0.3 is 10.4 Å². The van der Waals surface area contributed by atoms with Gasteiger partial charge in [0.25, 0.3) is 0 Å². The molecule has 1 rings (SSSR count). The fourth-order valence-corrected chi connectivity index (χ4v) is 2.60. The van der Waals surface area contributed by atoms with Crippen molar-refractivity contribution in [2.45, 2.75) is 24.8 Å². The second-order valence-electron chi connectivity index (χ2n) is 3.73. The van der Waals surface area contributed by atoms with Crippen LogP contribution in [0.2, 0.25) is 0 Å². The lowest BCUT2D eigenvalue weighted by atomic mass is 10.3. The summed E-state index contributed by atoms with van der Waals surface area (Å²) in [6.45, 7) is 4.00. The lowest BCUT2D eigenvalue weighted by molar-refractivity contribution is 0.208. The van der Waals surface area contributed by atoms with Crippen molar-refractivity contribution in [3.8, 4) is 0 Å². The van der Waals surface area contributed by atoms with Crippen molar-refractivity contribution in [3.05, 3.63) is 24.3 Å². The van der Waals surface area contributed by atoms with Gasteiger partial charge in [0, 0.05) is 13.1 Å². The number of para-hydroxylation sites is 1. The first-order chi connectivity index (χ1) is 7.97. The van der Waals surface area contributed by atoms with Gasteiger partial charge in [0.05, 0.1) is 11.8 Å². The van der Waals surface area contributed by atoms with Gasteiger partial charge in [-0.1, -0.05) is 19.1 Å². The highest BCUT2D eigenvalue weighted by Crippen LogP contribution is 2.20. The molecule has 6 heteroatoms. The molecule has 0 saturated heterocycles. The predicted octanol–water partition coefficient (Wildman–Crippen LogP) is 0.777. The second-order valence-corrected chi connectivity index (χ2v) is 5.46. The molecule has 17 heavy (non-hydrogen) atoms. The lowest BCUT2D eigenvalue weighted by Gasteiger charge is -2.13. The van der Waals surface area contributed by atoms with Crippen LogP contribution in [0.15, 0.2) is 29.2 Å². The van der Waals surface area contributed by atoms with Crippen LogP contribution in [0.4, 0.5) is 5.69 Å². The maximum Gasteiger partial charge on any atom is 0.242 e. The van der Waals surface area contributed by atoms with Crippen molar-refractivity contribution in [3.63, 3.8) is 0 Å². The SMILES string of the molecule is CCNS(=O)(=O)c1ccccc1NCC(C)O. The predicted molar refractivity (Wildman–Crippen MR) is 67.5 cm³/mol. The fraction of sp³-hybridized carbons (Fsp3) is 0.455. The molecule has 1 atom stereocenters. The minimum absolute atomic E-state index is 0.197. The van der Waals surface area contributed by atoms with Crippen LogP contribution in [0.1, 0.15) is 13.8 Å². The molecule has 0 aromatic heterocycles. The van der Waals surface area contributed by atoms with E-state index in [0.29, 0.717) is 18.8 Å². The minimum Gasteiger partial charge on any atom is -0.392 e. The number of rotatable bonds is 6. The Balaban J connectivity index is 2.99. The maximum atomic E-state index is 11.9. The zero-order valence-corrected chi connectivity index (χ0v) is 10.8. The molecule has 0 radical (unpaired) electrons. The Morgan fingerprint density at radius 3 is 2.59 bits per heavy atom. The molecule has 96 valence electrons. The number of nitrogens with one attached hydrogen (secondary N) is 2. The number of anilines is 1. The molecule has 1 aromatic rings. The molecule has 0 aliphatic rings. The smallest absolute Gasteiger partial charge is 0.242 e. The van der Waals surface area contributed by atoms with E-state index < -0.39 is 16.1 Å². The van der Waals surface area contributed by atoms with Gasteiger partial charge in [-0.15, -0.1) is 0 Å². The summed E-state index contributed by atoms with van der Waals surface area (Å²) in [5.41, 5.74) is 0.495. The molecule has 0 amide bonds. The second kappa shape index (κ2) is 6.00. The number of sulfonamides is 1. The number of aliphatic hydroxyl groups is 1. The topological polar surface area (TPSA) is 78.4 Å². The van der Waals surface area contributed by atoms with Crippen LogP contribution in [-0.4, -0.2) is 32.7 Å². The third kappa shape index (κ3) is 3.99. The quantitative estimate of drug-likeness (QED) is 0.704. The Kier molecular flexibility index (Phi) is 4.92. The molecule has 0 aliphatic carbocycles. The van der Waals surface area contributed by atoms with Crippen LogP contribution in [0.3, 0.4) is 0 Å². The van der Waals surface area contributed by atoms with Crippen LogP contribution in [0.25, 0.3) is 0 Å². The van der Waals surface area contributed by atoms with E-state index in [1.54, 1.807) is 32.0 Å². The largest absolute Gasteiger partial charge is 0.392 e. The summed E-state index contributed by atoms with van der Waals surface area (Å²) in [7, 11) is -3.48. The first kappa shape index (κ1) is 14.0. The molecule has 0 spiro atoms.